The Balaban J connectivity index is 1.54. The van der Waals surface area contributed by atoms with E-state index in [9.17, 15) is 9.59 Å². The molecule has 1 N–H and O–H groups in total. The molecule has 3 rings (SSSR count). The lowest BCUT2D eigenvalue weighted by molar-refractivity contribution is -0.122. The first-order valence-electron chi connectivity index (χ1n) is 8.57. The van der Waals surface area contributed by atoms with Gasteiger partial charge in [-0.05, 0) is 31.2 Å². The molecule has 124 valence electrons. The molecule has 2 aromatic rings. The molecule has 0 bridgehead atoms. The van der Waals surface area contributed by atoms with Crippen LogP contribution in [0.3, 0.4) is 0 Å². The second-order valence-electron chi connectivity index (χ2n) is 6.58. The normalized spacial score (nSPS) is 14.9. The van der Waals surface area contributed by atoms with E-state index in [1.165, 1.54) is 0 Å². The van der Waals surface area contributed by atoms with Crippen LogP contribution in [0.25, 0.3) is 0 Å². The predicted octanol–water partition coefficient (Wildman–Crippen LogP) is 4.23. The topological polar surface area (TPSA) is 46.2 Å². The van der Waals surface area contributed by atoms with E-state index >= 15 is 0 Å². The summed E-state index contributed by atoms with van der Waals surface area (Å²) in [7, 11) is 0. The molecule has 3 heteroatoms. The van der Waals surface area contributed by atoms with E-state index in [0.717, 1.165) is 24.0 Å². The van der Waals surface area contributed by atoms with E-state index in [0.29, 0.717) is 11.5 Å². The van der Waals surface area contributed by atoms with Crippen LogP contribution < -0.4 is 5.32 Å². The molecule has 1 saturated carbocycles. The van der Waals surface area contributed by atoms with Crippen LogP contribution in [0.1, 0.15) is 53.2 Å². The summed E-state index contributed by atoms with van der Waals surface area (Å²) in [5.74, 6) is 0.508. The van der Waals surface area contributed by atoms with Gasteiger partial charge in [-0.1, -0.05) is 60.2 Å². The van der Waals surface area contributed by atoms with Crippen LogP contribution in [-0.4, -0.2) is 11.7 Å². The third-order valence-corrected chi connectivity index (χ3v) is 4.52. The number of nitrogens with one attached hydrogen (secondary N) is 1. The van der Waals surface area contributed by atoms with Crippen LogP contribution in [0.5, 0.6) is 0 Å². The number of carbonyl (C=O) groups is 2. The Bertz CT molecular complexity index is 702. The van der Waals surface area contributed by atoms with Crippen molar-refractivity contribution in [3.8, 4) is 0 Å². The van der Waals surface area contributed by atoms with Crippen molar-refractivity contribution in [1.82, 2.24) is 5.32 Å². The van der Waals surface area contributed by atoms with Gasteiger partial charge in [0, 0.05) is 18.4 Å². The summed E-state index contributed by atoms with van der Waals surface area (Å²) in [5.41, 5.74) is 2.95. The molecule has 2 aromatic carbocycles. The summed E-state index contributed by atoms with van der Waals surface area (Å²) in [6.45, 7) is 1.99. The van der Waals surface area contributed by atoms with Crippen molar-refractivity contribution in [3.63, 3.8) is 0 Å². The zero-order chi connectivity index (χ0) is 16.9. The van der Waals surface area contributed by atoms with Gasteiger partial charge in [0.15, 0.2) is 5.78 Å². The monoisotopic (exact) mass is 321 g/mol. The van der Waals surface area contributed by atoms with Crippen molar-refractivity contribution in [1.29, 1.82) is 0 Å². The van der Waals surface area contributed by atoms with Gasteiger partial charge in [-0.2, -0.15) is 0 Å². The van der Waals surface area contributed by atoms with Crippen molar-refractivity contribution in [2.24, 2.45) is 5.92 Å². The lowest BCUT2D eigenvalue weighted by Crippen LogP contribution is -2.30. The zero-order valence-corrected chi connectivity index (χ0v) is 14.0. The highest BCUT2D eigenvalue weighted by atomic mass is 16.2. The van der Waals surface area contributed by atoms with Gasteiger partial charge in [0.1, 0.15) is 0 Å². The zero-order valence-electron chi connectivity index (χ0n) is 14.0. The number of hydrogen-bond acceptors (Lipinski definition) is 2. The van der Waals surface area contributed by atoms with E-state index in [2.05, 4.69) is 17.4 Å². The Morgan fingerprint density at radius 2 is 1.67 bits per heavy atom. The molecule has 0 heterocycles. The molecule has 24 heavy (non-hydrogen) atoms. The van der Waals surface area contributed by atoms with Crippen LogP contribution in [-0.2, 0) is 4.79 Å². The summed E-state index contributed by atoms with van der Waals surface area (Å²) in [5, 5.41) is 3.12. The summed E-state index contributed by atoms with van der Waals surface area (Å²) in [4.78, 5) is 24.5. The molecular formula is C21H23NO2. The molecular weight excluding hydrogens is 298 g/mol. The molecule has 0 radical (unpaired) electrons. The second-order valence-corrected chi connectivity index (χ2v) is 6.58. The van der Waals surface area contributed by atoms with Crippen LogP contribution in [0.15, 0.2) is 54.6 Å². The fraction of sp³-hybridized carbons (Fsp3) is 0.333. The summed E-state index contributed by atoms with van der Waals surface area (Å²) >= 11 is 0. The first-order valence-corrected chi connectivity index (χ1v) is 8.57. The molecule has 0 aliphatic heterocycles. The SMILES string of the molecule is Cc1ccc(C(=O)CCC(=O)N[C@H](c2ccccc2)C2CC2)cc1. The van der Waals surface area contributed by atoms with Crippen LogP contribution in [0, 0.1) is 12.8 Å². The fourth-order valence-electron chi connectivity index (χ4n) is 2.92. The largest absolute Gasteiger partial charge is 0.349 e. The summed E-state index contributed by atoms with van der Waals surface area (Å²) < 4.78 is 0. The van der Waals surface area contributed by atoms with Gasteiger partial charge in [0.25, 0.3) is 0 Å². The van der Waals surface area contributed by atoms with Crippen molar-refractivity contribution in [2.45, 2.75) is 38.6 Å². The van der Waals surface area contributed by atoms with E-state index in [1.54, 1.807) is 0 Å². The van der Waals surface area contributed by atoms with Gasteiger partial charge >= 0.3 is 0 Å². The molecule has 0 spiro atoms. The average molecular weight is 321 g/mol. The first-order chi connectivity index (χ1) is 11.6. The van der Waals surface area contributed by atoms with Crippen molar-refractivity contribution in [2.75, 3.05) is 0 Å². The van der Waals surface area contributed by atoms with Gasteiger partial charge in [-0.3, -0.25) is 9.59 Å². The minimum Gasteiger partial charge on any atom is -0.349 e. The molecule has 3 nitrogen and oxygen atoms in total. The van der Waals surface area contributed by atoms with Gasteiger partial charge in [-0.15, -0.1) is 0 Å². The maximum absolute atomic E-state index is 12.3. The first kappa shape index (κ1) is 16.4. The van der Waals surface area contributed by atoms with Crippen molar-refractivity contribution >= 4 is 11.7 Å². The molecule has 1 aliphatic carbocycles. The standard InChI is InChI=1S/C21H23NO2/c1-15-7-9-16(10-8-15)19(23)13-14-20(24)22-21(18-11-12-18)17-5-3-2-4-6-17/h2-10,18,21H,11-14H2,1H3,(H,22,24)/t21-/m1/s1. The maximum atomic E-state index is 12.3. The quantitative estimate of drug-likeness (QED) is 0.776. The number of amides is 1. The average Bonchev–Trinajstić information content (AvgIpc) is 3.44. The predicted molar refractivity (Wildman–Crippen MR) is 94.8 cm³/mol. The van der Waals surface area contributed by atoms with E-state index in [1.807, 2.05) is 49.4 Å². The number of rotatable bonds is 7. The Hall–Kier alpha value is -2.42. The number of carbonyl (C=O) groups excluding carboxylic acids is 2. The second kappa shape index (κ2) is 7.43. The molecule has 1 fully saturated rings. The van der Waals surface area contributed by atoms with Gasteiger partial charge in [0.05, 0.1) is 6.04 Å². The molecule has 1 amide bonds. The highest BCUT2D eigenvalue weighted by Gasteiger charge is 2.33. The Morgan fingerprint density at radius 1 is 1.00 bits per heavy atom. The molecule has 1 aliphatic rings. The van der Waals surface area contributed by atoms with Crippen LogP contribution in [0.4, 0.5) is 0 Å². The van der Waals surface area contributed by atoms with Crippen molar-refractivity contribution in [3.05, 3.63) is 71.3 Å². The Labute approximate surface area is 143 Å². The maximum Gasteiger partial charge on any atom is 0.220 e. The Kier molecular flexibility index (Phi) is 5.09. The third kappa shape index (κ3) is 4.31. The summed E-state index contributed by atoms with van der Waals surface area (Å²) in [6.07, 6.45) is 2.80. The summed E-state index contributed by atoms with van der Waals surface area (Å²) in [6, 6.07) is 17.7. The smallest absolute Gasteiger partial charge is 0.220 e. The molecule has 0 unspecified atom stereocenters. The number of Topliss-reactive ketones (excluding diaryl/α,β-unsaturated/α-hetero) is 1. The lowest BCUT2D eigenvalue weighted by atomic mass is 10.0. The van der Waals surface area contributed by atoms with Crippen LogP contribution in [0.2, 0.25) is 0 Å². The third-order valence-electron chi connectivity index (χ3n) is 4.52. The number of hydrogen-bond donors (Lipinski definition) is 1. The van der Waals surface area contributed by atoms with Crippen molar-refractivity contribution < 1.29 is 9.59 Å². The molecule has 0 saturated heterocycles. The number of benzene rings is 2. The number of aryl methyl sites for hydroxylation is 1. The van der Waals surface area contributed by atoms with E-state index < -0.39 is 0 Å². The highest BCUT2D eigenvalue weighted by Crippen LogP contribution is 2.40. The minimum absolute atomic E-state index is 0.0211. The van der Waals surface area contributed by atoms with Gasteiger partial charge < -0.3 is 5.32 Å². The van der Waals surface area contributed by atoms with Crippen LogP contribution >= 0.6 is 0 Å². The molecule has 1 atom stereocenters. The number of ketones is 1. The van der Waals surface area contributed by atoms with E-state index in [4.69, 9.17) is 0 Å². The Morgan fingerprint density at radius 3 is 2.29 bits per heavy atom. The van der Waals surface area contributed by atoms with Gasteiger partial charge in [0.2, 0.25) is 5.91 Å². The highest BCUT2D eigenvalue weighted by molar-refractivity contribution is 5.98. The molecule has 0 aromatic heterocycles. The van der Waals surface area contributed by atoms with Gasteiger partial charge in [-0.25, -0.2) is 0 Å². The fourth-order valence-corrected chi connectivity index (χ4v) is 2.92. The van der Waals surface area contributed by atoms with E-state index in [-0.39, 0.29) is 30.6 Å². The lowest BCUT2D eigenvalue weighted by Gasteiger charge is -2.18. The minimum atomic E-state index is -0.0452.